The number of rotatable bonds is 3. The molecule has 5 nitrogen and oxygen atoms in total. The van der Waals surface area contributed by atoms with E-state index in [2.05, 4.69) is 9.97 Å². The van der Waals surface area contributed by atoms with E-state index in [-0.39, 0.29) is 22.3 Å². The Bertz CT molecular complexity index is 605. The third-order valence-corrected chi connectivity index (χ3v) is 2.37. The maximum absolute atomic E-state index is 11.0. The lowest BCUT2D eigenvalue weighted by atomic mass is 10.3. The molecule has 18 heavy (non-hydrogen) atoms. The molecule has 2 heterocycles. The van der Waals surface area contributed by atoms with Crippen molar-refractivity contribution in [3.05, 3.63) is 46.3 Å². The summed E-state index contributed by atoms with van der Waals surface area (Å²) in [6.45, 7) is 0. The van der Waals surface area contributed by atoms with Crippen LogP contribution in [0.15, 0.2) is 30.6 Å². The molecule has 2 rings (SSSR count). The number of ether oxygens (including phenoxy) is 1. The first-order valence-electron chi connectivity index (χ1n) is 4.74. The van der Waals surface area contributed by atoms with E-state index in [1.54, 1.807) is 0 Å². The van der Waals surface area contributed by atoms with Crippen LogP contribution in [0.3, 0.4) is 0 Å². The van der Waals surface area contributed by atoms with Gasteiger partial charge in [0, 0.05) is 12.3 Å². The van der Waals surface area contributed by atoms with Crippen LogP contribution in [0, 0.1) is 0 Å². The molecule has 0 amide bonds. The number of carbonyl (C=O) groups is 1. The molecule has 2 aromatic heterocycles. The molecular weight excluding hydrogens is 279 g/mol. The zero-order chi connectivity index (χ0) is 13.1. The van der Waals surface area contributed by atoms with Gasteiger partial charge < -0.3 is 9.84 Å². The number of carboxylic acid groups (broad SMARTS) is 1. The van der Waals surface area contributed by atoms with Crippen LogP contribution >= 0.6 is 23.2 Å². The fraction of sp³-hybridized carbons (Fsp3) is 0. The maximum atomic E-state index is 11.0. The van der Waals surface area contributed by atoms with Crippen molar-refractivity contribution in [2.75, 3.05) is 0 Å². The summed E-state index contributed by atoms with van der Waals surface area (Å²) in [5, 5.41) is 9.48. The number of nitrogens with zero attached hydrogens (tertiary/aromatic N) is 2. The predicted octanol–water partition coefficient (Wildman–Crippen LogP) is 3.27. The average Bonchev–Trinajstić information content (AvgIpc) is 2.28. The number of pyridine rings is 2. The van der Waals surface area contributed by atoms with Crippen LogP contribution < -0.4 is 4.74 Å². The SMILES string of the molecule is O=C(O)c1ccc(Cl)nc1Oc1cncc(Cl)c1. The normalized spacial score (nSPS) is 10.1. The monoisotopic (exact) mass is 284 g/mol. The minimum atomic E-state index is -1.16. The molecule has 0 saturated heterocycles. The molecule has 2 aromatic rings. The molecule has 1 N–H and O–H groups in total. The summed E-state index contributed by atoms with van der Waals surface area (Å²) in [7, 11) is 0. The van der Waals surface area contributed by atoms with Crippen LogP contribution in [-0.4, -0.2) is 21.0 Å². The van der Waals surface area contributed by atoms with Gasteiger partial charge in [-0.05, 0) is 12.1 Å². The van der Waals surface area contributed by atoms with Crippen molar-refractivity contribution < 1.29 is 14.6 Å². The summed E-state index contributed by atoms with van der Waals surface area (Å²) in [5.41, 5.74) is -0.0978. The zero-order valence-corrected chi connectivity index (χ0v) is 10.3. The molecule has 0 aromatic carbocycles. The number of carboxylic acids is 1. The molecule has 7 heteroatoms. The van der Waals surface area contributed by atoms with E-state index in [0.29, 0.717) is 5.02 Å². The van der Waals surface area contributed by atoms with Gasteiger partial charge in [0.15, 0.2) is 0 Å². The van der Waals surface area contributed by atoms with Crippen LogP contribution in [0.2, 0.25) is 10.2 Å². The minimum Gasteiger partial charge on any atom is -0.477 e. The number of halogens is 2. The quantitative estimate of drug-likeness (QED) is 0.876. The fourth-order valence-corrected chi connectivity index (χ4v) is 1.52. The fourth-order valence-electron chi connectivity index (χ4n) is 1.22. The Kier molecular flexibility index (Phi) is 3.64. The van der Waals surface area contributed by atoms with E-state index in [1.165, 1.54) is 30.6 Å². The standard InChI is InChI=1S/C11H6Cl2N2O3/c12-6-3-7(5-14-4-6)18-10-8(11(16)17)1-2-9(13)15-10/h1-5H,(H,16,17). The predicted molar refractivity (Wildman–Crippen MR) is 65.5 cm³/mol. The molecule has 0 radical (unpaired) electrons. The Balaban J connectivity index is 2.39. The van der Waals surface area contributed by atoms with Gasteiger partial charge in [-0.2, -0.15) is 0 Å². The van der Waals surface area contributed by atoms with Crippen LogP contribution in [0.4, 0.5) is 0 Å². The first kappa shape index (κ1) is 12.6. The van der Waals surface area contributed by atoms with Crippen LogP contribution in [0.25, 0.3) is 0 Å². The van der Waals surface area contributed by atoms with Gasteiger partial charge in [-0.25, -0.2) is 9.78 Å². The Labute approximate surface area is 112 Å². The zero-order valence-electron chi connectivity index (χ0n) is 8.80. The van der Waals surface area contributed by atoms with Crippen molar-refractivity contribution in [3.63, 3.8) is 0 Å². The molecule has 0 unspecified atom stereocenters. The molecular formula is C11H6Cl2N2O3. The van der Waals surface area contributed by atoms with Crippen molar-refractivity contribution in [2.45, 2.75) is 0 Å². The lowest BCUT2D eigenvalue weighted by molar-refractivity contribution is 0.0693. The summed E-state index contributed by atoms with van der Waals surface area (Å²) in [6.07, 6.45) is 2.82. The second-order valence-electron chi connectivity index (χ2n) is 3.23. The lowest BCUT2D eigenvalue weighted by Gasteiger charge is -2.07. The molecule has 0 atom stereocenters. The molecule has 0 bridgehead atoms. The van der Waals surface area contributed by atoms with Crippen molar-refractivity contribution >= 4 is 29.2 Å². The molecule has 0 aliphatic heterocycles. The highest BCUT2D eigenvalue weighted by atomic mass is 35.5. The average molecular weight is 285 g/mol. The van der Waals surface area contributed by atoms with E-state index < -0.39 is 5.97 Å². The number of hydrogen-bond donors (Lipinski definition) is 1. The molecule has 92 valence electrons. The van der Waals surface area contributed by atoms with Crippen LogP contribution in [0.5, 0.6) is 11.6 Å². The topological polar surface area (TPSA) is 72.3 Å². The van der Waals surface area contributed by atoms with Crippen LogP contribution in [0.1, 0.15) is 10.4 Å². The second kappa shape index (κ2) is 5.20. The Morgan fingerprint density at radius 3 is 2.72 bits per heavy atom. The van der Waals surface area contributed by atoms with Crippen molar-refractivity contribution in [1.82, 2.24) is 9.97 Å². The third-order valence-electron chi connectivity index (χ3n) is 1.95. The third kappa shape index (κ3) is 2.88. The molecule has 0 fully saturated rings. The molecule has 0 spiro atoms. The van der Waals surface area contributed by atoms with E-state index >= 15 is 0 Å². The van der Waals surface area contributed by atoms with Gasteiger partial charge in [0.05, 0.1) is 11.2 Å². The largest absolute Gasteiger partial charge is 0.477 e. The number of aromatic nitrogens is 2. The van der Waals surface area contributed by atoms with Gasteiger partial charge in [-0.1, -0.05) is 23.2 Å². The number of aromatic carboxylic acids is 1. The minimum absolute atomic E-state index is 0.0978. The summed E-state index contributed by atoms with van der Waals surface area (Å²) in [4.78, 5) is 18.6. The maximum Gasteiger partial charge on any atom is 0.341 e. The highest BCUT2D eigenvalue weighted by Gasteiger charge is 2.14. The van der Waals surface area contributed by atoms with E-state index in [0.717, 1.165) is 0 Å². The summed E-state index contributed by atoms with van der Waals surface area (Å²) >= 11 is 11.4. The Morgan fingerprint density at radius 1 is 1.28 bits per heavy atom. The smallest absolute Gasteiger partial charge is 0.341 e. The first-order chi connectivity index (χ1) is 8.56. The lowest BCUT2D eigenvalue weighted by Crippen LogP contribution is -2.02. The molecule has 0 aliphatic rings. The highest BCUT2D eigenvalue weighted by molar-refractivity contribution is 6.30. The van der Waals surface area contributed by atoms with Gasteiger partial charge in [-0.15, -0.1) is 0 Å². The van der Waals surface area contributed by atoms with Gasteiger partial charge in [-0.3, -0.25) is 4.98 Å². The highest BCUT2D eigenvalue weighted by Crippen LogP contribution is 2.26. The molecule has 0 saturated carbocycles. The Hall–Kier alpha value is -1.85. The van der Waals surface area contributed by atoms with Crippen molar-refractivity contribution in [2.24, 2.45) is 0 Å². The van der Waals surface area contributed by atoms with E-state index in [9.17, 15) is 4.79 Å². The van der Waals surface area contributed by atoms with Gasteiger partial charge in [0.1, 0.15) is 16.5 Å². The van der Waals surface area contributed by atoms with Gasteiger partial charge in [0.25, 0.3) is 0 Å². The number of hydrogen-bond acceptors (Lipinski definition) is 4. The molecule has 0 aliphatic carbocycles. The van der Waals surface area contributed by atoms with E-state index in [4.69, 9.17) is 33.0 Å². The van der Waals surface area contributed by atoms with Crippen molar-refractivity contribution in [3.8, 4) is 11.6 Å². The summed E-state index contributed by atoms with van der Waals surface area (Å²) < 4.78 is 5.31. The first-order valence-corrected chi connectivity index (χ1v) is 5.50. The second-order valence-corrected chi connectivity index (χ2v) is 4.06. The Morgan fingerprint density at radius 2 is 2.06 bits per heavy atom. The van der Waals surface area contributed by atoms with E-state index in [1.807, 2.05) is 0 Å². The van der Waals surface area contributed by atoms with Gasteiger partial charge in [0.2, 0.25) is 5.88 Å². The van der Waals surface area contributed by atoms with Crippen LogP contribution in [-0.2, 0) is 0 Å². The van der Waals surface area contributed by atoms with Gasteiger partial charge >= 0.3 is 5.97 Å². The van der Waals surface area contributed by atoms with Crippen molar-refractivity contribution in [1.29, 1.82) is 0 Å². The summed E-state index contributed by atoms with van der Waals surface area (Å²) in [5.74, 6) is -0.997. The summed E-state index contributed by atoms with van der Waals surface area (Å²) in [6, 6.07) is 4.17.